The van der Waals surface area contributed by atoms with E-state index in [1.54, 1.807) is 16.6 Å². The summed E-state index contributed by atoms with van der Waals surface area (Å²) in [6.45, 7) is 0.325. The molecule has 1 amide bonds. The lowest BCUT2D eigenvalue weighted by molar-refractivity contribution is 0.100. The highest BCUT2D eigenvalue weighted by Crippen LogP contribution is 2.28. The van der Waals surface area contributed by atoms with Crippen molar-refractivity contribution >= 4 is 17.2 Å². The molecular formula is C21H17F2N5O2. The molecule has 0 saturated heterocycles. The second kappa shape index (κ2) is 7.78. The summed E-state index contributed by atoms with van der Waals surface area (Å²) in [4.78, 5) is 15.7. The molecule has 4 aromatic rings. The number of carbonyl (C=O) groups excluding carboxylic acids is 1. The third-order valence-electron chi connectivity index (χ3n) is 4.68. The fourth-order valence-corrected chi connectivity index (χ4v) is 3.17. The molecule has 7 nitrogen and oxygen atoms in total. The van der Waals surface area contributed by atoms with E-state index >= 15 is 0 Å². The van der Waals surface area contributed by atoms with Crippen LogP contribution in [-0.2, 0) is 6.54 Å². The van der Waals surface area contributed by atoms with Crippen molar-refractivity contribution in [3.8, 4) is 17.0 Å². The number of primary amides is 1. The van der Waals surface area contributed by atoms with Crippen molar-refractivity contribution in [3.63, 3.8) is 0 Å². The average molecular weight is 409 g/mol. The van der Waals surface area contributed by atoms with Gasteiger partial charge in [0.15, 0.2) is 23.0 Å². The van der Waals surface area contributed by atoms with E-state index in [0.29, 0.717) is 12.2 Å². The van der Waals surface area contributed by atoms with Crippen molar-refractivity contribution in [2.75, 3.05) is 12.4 Å². The average Bonchev–Trinajstić information content (AvgIpc) is 3.23. The summed E-state index contributed by atoms with van der Waals surface area (Å²) in [7, 11) is 1.21. The highest BCUT2D eigenvalue weighted by molar-refractivity contribution is 5.99. The Hall–Kier alpha value is -4.01. The zero-order chi connectivity index (χ0) is 21.3. The largest absolute Gasteiger partial charge is 0.491 e. The van der Waals surface area contributed by atoms with Crippen molar-refractivity contribution in [1.29, 1.82) is 0 Å². The van der Waals surface area contributed by atoms with E-state index in [-0.39, 0.29) is 11.3 Å². The molecule has 0 fully saturated rings. The van der Waals surface area contributed by atoms with Crippen LogP contribution >= 0.6 is 0 Å². The van der Waals surface area contributed by atoms with Gasteiger partial charge in [-0.25, -0.2) is 18.3 Å². The second-order valence-electron chi connectivity index (χ2n) is 6.48. The standard InChI is InChI=1S/C21H17F2N5O2/c1-30-19-15(22)7-8-16(18(19)23)25-10-12-2-4-13(5-3-12)17-9-6-14(20(24)29)21-26-11-27-28(17)21/h2-9,11,25H,10H2,1H3,(H2,24,29). The van der Waals surface area contributed by atoms with E-state index in [9.17, 15) is 13.6 Å². The van der Waals surface area contributed by atoms with Gasteiger partial charge in [-0.1, -0.05) is 24.3 Å². The molecule has 2 aromatic heterocycles. The van der Waals surface area contributed by atoms with Crippen LogP contribution in [0.1, 0.15) is 15.9 Å². The van der Waals surface area contributed by atoms with Gasteiger partial charge in [-0.3, -0.25) is 4.79 Å². The zero-order valence-corrected chi connectivity index (χ0v) is 15.9. The van der Waals surface area contributed by atoms with Crippen LogP contribution in [0.5, 0.6) is 5.75 Å². The molecule has 3 N–H and O–H groups in total. The van der Waals surface area contributed by atoms with Gasteiger partial charge in [-0.2, -0.15) is 5.10 Å². The van der Waals surface area contributed by atoms with Crippen LogP contribution in [0, 0.1) is 11.6 Å². The van der Waals surface area contributed by atoms with Gasteiger partial charge in [-0.15, -0.1) is 0 Å². The van der Waals surface area contributed by atoms with Gasteiger partial charge >= 0.3 is 0 Å². The maximum atomic E-state index is 14.3. The van der Waals surface area contributed by atoms with Crippen LogP contribution in [0.4, 0.5) is 14.5 Å². The highest BCUT2D eigenvalue weighted by Gasteiger charge is 2.15. The quantitative estimate of drug-likeness (QED) is 0.509. The van der Waals surface area contributed by atoms with Gasteiger partial charge < -0.3 is 15.8 Å². The van der Waals surface area contributed by atoms with E-state index in [1.807, 2.05) is 24.3 Å². The predicted octanol–water partition coefficient (Wildman–Crippen LogP) is 3.39. The fraction of sp³-hybridized carbons (Fsp3) is 0.0952. The number of halogens is 2. The highest BCUT2D eigenvalue weighted by atomic mass is 19.1. The number of nitrogens with two attached hydrogens (primary N) is 1. The molecule has 9 heteroatoms. The van der Waals surface area contributed by atoms with Gasteiger partial charge in [0.25, 0.3) is 5.91 Å². The molecule has 0 atom stereocenters. The molecule has 0 spiro atoms. The number of pyridine rings is 1. The summed E-state index contributed by atoms with van der Waals surface area (Å²) in [5.74, 6) is -2.54. The maximum Gasteiger partial charge on any atom is 0.252 e. The van der Waals surface area contributed by atoms with E-state index in [4.69, 9.17) is 10.5 Å². The topological polar surface area (TPSA) is 94.5 Å². The summed E-state index contributed by atoms with van der Waals surface area (Å²) in [6.07, 6.45) is 1.36. The molecular weight excluding hydrogens is 392 g/mol. The van der Waals surface area contributed by atoms with Gasteiger partial charge in [0, 0.05) is 12.1 Å². The number of nitrogens with one attached hydrogen (secondary N) is 1. The van der Waals surface area contributed by atoms with E-state index < -0.39 is 23.3 Å². The Morgan fingerprint density at radius 2 is 1.90 bits per heavy atom. The number of hydrogen-bond donors (Lipinski definition) is 2. The van der Waals surface area contributed by atoms with Gasteiger partial charge in [0.05, 0.1) is 24.1 Å². The Morgan fingerprint density at radius 3 is 2.60 bits per heavy atom. The Kier molecular flexibility index (Phi) is 5.01. The van der Waals surface area contributed by atoms with Crippen LogP contribution in [0.25, 0.3) is 16.9 Å². The number of hydrogen-bond acceptors (Lipinski definition) is 5. The number of rotatable bonds is 6. The van der Waals surface area contributed by atoms with Gasteiger partial charge in [0.1, 0.15) is 6.33 Å². The van der Waals surface area contributed by atoms with Crippen molar-refractivity contribution in [2.45, 2.75) is 6.54 Å². The molecule has 0 aliphatic carbocycles. The minimum absolute atomic E-state index is 0.142. The Morgan fingerprint density at radius 1 is 1.13 bits per heavy atom. The summed E-state index contributed by atoms with van der Waals surface area (Å²) in [5, 5.41) is 7.11. The number of benzene rings is 2. The number of carbonyl (C=O) groups is 1. The molecule has 0 aliphatic rings. The predicted molar refractivity (Wildman–Crippen MR) is 107 cm³/mol. The third kappa shape index (κ3) is 3.41. The first-order chi connectivity index (χ1) is 14.5. The van der Waals surface area contributed by atoms with E-state index in [2.05, 4.69) is 15.4 Å². The molecule has 0 radical (unpaired) electrons. The molecule has 152 valence electrons. The molecule has 2 heterocycles. The Labute approximate surface area is 170 Å². The normalized spacial score (nSPS) is 10.9. The Balaban J connectivity index is 1.56. The molecule has 4 rings (SSSR count). The van der Waals surface area contributed by atoms with Gasteiger partial charge in [0.2, 0.25) is 0 Å². The summed E-state index contributed by atoms with van der Waals surface area (Å²) in [6, 6.07) is 13.3. The van der Waals surface area contributed by atoms with E-state index in [0.717, 1.165) is 22.9 Å². The maximum absolute atomic E-state index is 14.3. The van der Waals surface area contributed by atoms with Crippen molar-refractivity contribution in [1.82, 2.24) is 14.6 Å². The number of amides is 1. The van der Waals surface area contributed by atoms with Crippen LogP contribution in [0.2, 0.25) is 0 Å². The van der Waals surface area contributed by atoms with Crippen LogP contribution in [-0.4, -0.2) is 27.6 Å². The number of anilines is 1. The smallest absolute Gasteiger partial charge is 0.252 e. The first-order valence-electron chi connectivity index (χ1n) is 8.97. The SMILES string of the molecule is COc1c(F)ccc(NCc2ccc(-c3ccc(C(N)=O)c4ncnn34)cc2)c1F. The first kappa shape index (κ1) is 19.3. The molecule has 0 bridgehead atoms. The molecule has 30 heavy (non-hydrogen) atoms. The monoisotopic (exact) mass is 409 g/mol. The number of nitrogens with zero attached hydrogens (tertiary/aromatic N) is 3. The number of aromatic nitrogens is 3. The lowest BCUT2D eigenvalue weighted by Gasteiger charge is -2.12. The summed E-state index contributed by atoms with van der Waals surface area (Å²) >= 11 is 0. The van der Waals surface area contributed by atoms with Crippen LogP contribution in [0.15, 0.2) is 54.9 Å². The Bertz CT molecular complexity index is 1240. The summed E-state index contributed by atoms with van der Waals surface area (Å²) in [5.41, 5.74) is 8.66. The van der Waals surface area contributed by atoms with E-state index in [1.165, 1.54) is 19.5 Å². The van der Waals surface area contributed by atoms with Crippen LogP contribution in [0.3, 0.4) is 0 Å². The van der Waals surface area contributed by atoms with Gasteiger partial charge in [-0.05, 0) is 29.8 Å². The minimum Gasteiger partial charge on any atom is -0.491 e. The second-order valence-corrected chi connectivity index (χ2v) is 6.48. The molecule has 0 saturated carbocycles. The lowest BCUT2D eigenvalue weighted by Crippen LogP contribution is -2.13. The molecule has 0 unspecified atom stereocenters. The van der Waals surface area contributed by atoms with Crippen molar-refractivity contribution < 1.29 is 18.3 Å². The number of ether oxygens (including phenoxy) is 1. The summed E-state index contributed by atoms with van der Waals surface area (Å²) < 4.78 is 34.1. The molecule has 0 aliphatic heterocycles. The fourth-order valence-electron chi connectivity index (χ4n) is 3.17. The van der Waals surface area contributed by atoms with Crippen LogP contribution < -0.4 is 15.8 Å². The zero-order valence-electron chi connectivity index (χ0n) is 15.9. The first-order valence-corrected chi connectivity index (χ1v) is 8.97. The third-order valence-corrected chi connectivity index (χ3v) is 4.68. The van der Waals surface area contributed by atoms with Crippen molar-refractivity contribution in [3.05, 3.63) is 77.6 Å². The minimum atomic E-state index is -0.780. The lowest BCUT2D eigenvalue weighted by atomic mass is 10.1. The van der Waals surface area contributed by atoms with Crippen molar-refractivity contribution in [2.24, 2.45) is 5.73 Å². The number of fused-ring (bicyclic) bond motifs is 1. The number of methoxy groups -OCH3 is 1. The molecule has 2 aromatic carbocycles.